The zero-order chi connectivity index (χ0) is 16.5. The minimum atomic E-state index is -0.262. The number of carbonyl (C=O) groups excluding carboxylic acids is 1. The minimum absolute atomic E-state index is 0.262. The van der Waals surface area contributed by atoms with E-state index in [9.17, 15) is 4.79 Å². The van der Waals surface area contributed by atoms with Crippen LogP contribution in [0.25, 0.3) is 0 Å². The highest BCUT2D eigenvalue weighted by atomic mass is 35.5. The van der Waals surface area contributed by atoms with E-state index in [1.165, 1.54) is 0 Å². The Bertz CT molecular complexity index is 507. The predicted molar refractivity (Wildman–Crippen MR) is 91.5 cm³/mol. The summed E-state index contributed by atoms with van der Waals surface area (Å²) in [6.45, 7) is 7.35. The molecular weight excluding hydrogens is 318 g/mol. The van der Waals surface area contributed by atoms with Crippen LogP contribution < -0.4 is 15.4 Å². The number of hydrogen-bond acceptors (Lipinski definition) is 4. The van der Waals surface area contributed by atoms with Crippen molar-refractivity contribution in [1.29, 1.82) is 0 Å². The van der Waals surface area contributed by atoms with Crippen LogP contribution in [0.15, 0.2) is 18.2 Å². The molecule has 2 N–H and O–H groups in total. The van der Waals surface area contributed by atoms with E-state index in [0.29, 0.717) is 29.6 Å². The van der Waals surface area contributed by atoms with Crippen LogP contribution in [0.2, 0.25) is 5.02 Å². The Morgan fingerprint density at radius 2 is 2.17 bits per heavy atom. The van der Waals surface area contributed by atoms with Gasteiger partial charge in [-0.1, -0.05) is 18.5 Å². The summed E-state index contributed by atoms with van der Waals surface area (Å²) >= 11 is 5.99. The first kappa shape index (κ1) is 17.8. The lowest BCUT2D eigenvalue weighted by atomic mass is 10.3. The first-order valence-electron chi connectivity index (χ1n) is 7.96. The van der Waals surface area contributed by atoms with Crippen LogP contribution in [0.3, 0.4) is 0 Å². The smallest absolute Gasteiger partial charge is 0.319 e. The van der Waals surface area contributed by atoms with Gasteiger partial charge in [0.15, 0.2) is 0 Å². The molecular formula is C16H24ClN3O3. The second-order valence-electron chi connectivity index (χ2n) is 5.32. The summed E-state index contributed by atoms with van der Waals surface area (Å²) < 4.78 is 10.9. The van der Waals surface area contributed by atoms with Gasteiger partial charge in [-0.3, -0.25) is 4.90 Å². The highest BCUT2D eigenvalue weighted by molar-refractivity contribution is 6.31. The van der Waals surface area contributed by atoms with E-state index in [-0.39, 0.29) is 6.03 Å². The van der Waals surface area contributed by atoms with Crippen molar-refractivity contribution in [2.75, 3.05) is 51.3 Å². The molecule has 1 aliphatic rings. The molecule has 1 fully saturated rings. The molecule has 0 spiro atoms. The van der Waals surface area contributed by atoms with E-state index >= 15 is 0 Å². The maximum absolute atomic E-state index is 12.0. The van der Waals surface area contributed by atoms with Crippen LogP contribution in [0.4, 0.5) is 10.5 Å². The fraction of sp³-hybridized carbons (Fsp3) is 0.562. The largest absolute Gasteiger partial charge is 0.491 e. The lowest BCUT2D eigenvalue weighted by Gasteiger charge is -2.26. The van der Waals surface area contributed by atoms with E-state index in [0.717, 1.165) is 39.3 Å². The molecule has 128 valence electrons. The van der Waals surface area contributed by atoms with E-state index in [1.54, 1.807) is 18.2 Å². The summed E-state index contributed by atoms with van der Waals surface area (Å²) in [6, 6.07) is 4.94. The number of halogens is 1. The molecule has 2 rings (SSSR count). The first-order valence-corrected chi connectivity index (χ1v) is 8.34. The Morgan fingerprint density at radius 3 is 2.91 bits per heavy atom. The Hall–Kier alpha value is -1.50. The number of carbonyl (C=O) groups is 1. The molecule has 0 aromatic heterocycles. The summed E-state index contributed by atoms with van der Waals surface area (Å²) in [5.74, 6) is 0.625. The maximum Gasteiger partial charge on any atom is 0.319 e. The van der Waals surface area contributed by atoms with Crippen LogP contribution in [0.1, 0.15) is 13.3 Å². The highest BCUT2D eigenvalue weighted by Crippen LogP contribution is 2.28. The number of amides is 2. The number of hydrogen-bond donors (Lipinski definition) is 2. The van der Waals surface area contributed by atoms with Gasteiger partial charge in [0, 0.05) is 31.2 Å². The minimum Gasteiger partial charge on any atom is -0.491 e. The molecule has 7 heteroatoms. The van der Waals surface area contributed by atoms with Gasteiger partial charge < -0.3 is 20.1 Å². The van der Waals surface area contributed by atoms with Crippen LogP contribution >= 0.6 is 11.6 Å². The summed E-state index contributed by atoms with van der Waals surface area (Å²) in [7, 11) is 0. The van der Waals surface area contributed by atoms with Crippen LogP contribution in [0.5, 0.6) is 5.75 Å². The SMILES string of the molecule is CCCOc1ccc(Cl)cc1NC(=O)NCCN1CCOCC1. The van der Waals surface area contributed by atoms with E-state index in [4.69, 9.17) is 21.1 Å². The quantitative estimate of drug-likeness (QED) is 0.800. The molecule has 1 heterocycles. The molecule has 1 aromatic rings. The Morgan fingerprint density at radius 1 is 1.39 bits per heavy atom. The molecule has 1 saturated heterocycles. The number of nitrogens with zero attached hydrogens (tertiary/aromatic N) is 1. The summed E-state index contributed by atoms with van der Waals surface area (Å²) in [5, 5.41) is 6.20. The van der Waals surface area contributed by atoms with Gasteiger partial charge in [0.1, 0.15) is 5.75 Å². The third kappa shape index (κ3) is 6.25. The number of benzene rings is 1. The van der Waals surface area contributed by atoms with Gasteiger partial charge in [-0.25, -0.2) is 4.79 Å². The molecule has 0 aliphatic carbocycles. The van der Waals surface area contributed by atoms with Crippen molar-refractivity contribution in [2.45, 2.75) is 13.3 Å². The average Bonchev–Trinajstić information content (AvgIpc) is 2.55. The van der Waals surface area contributed by atoms with Crippen molar-refractivity contribution in [1.82, 2.24) is 10.2 Å². The molecule has 6 nitrogen and oxygen atoms in total. The highest BCUT2D eigenvalue weighted by Gasteiger charge is 2.11. The van der Waals surface area contributed by atoms with Crippen molar-refractivity contribution in [3.8, 4) is 5.75 Å². The Balaban J connectivity index is 1.80. The molecule has 1 aliphatic heterocycles. The third-order valence-corrected chi connectivity index (χ3v) is 3.70. The van der Waals surface area contributed by atoms with Crippen LogP contribution in [0, 0.1) is 0 Å². The first-order chi connectivity index (χ1) is 11.2. The number of ether oxygens (including phenoxy) is 2. The lowest BCUT2D eigenvalue weighted by Crippen LogP contribution is -2.42. The van der Waals surface area contributed by atoms with Crippen molar-refractivity contribution >= 4 is 23.3 Å². The average molecular weight is 342 g/mol. The Kier molecular flexibility index (Phi) is 7.45. The number of anilines is 1. The number of urea groups is 1. The summed E-state index contributed by atoms with van der Waals surface area (Å²) in [6.07, 6.45) is 0.897. The van der Waals surface area contributed by atoms with Gasteiger partial charge in [-0.05, 0) is 24.6 Å². The normalized spacial score (nSPS) is 15.2. The predicted octanol–water partition coefficient (Wildman–Crippen LogP) is 2.58. The zero-order valence-corrected chi connectivity index (χ0v) is 14.2. The standard InChI is InChI=1S/C16H24ClN3O3/c1-2-9-23-15-4-3-13(17)12-14(15)19-16(21)18-5-6-20-7-10-22-11-8-20/h3-4,12H,2,5-11H2,1H3,(H2,18,19,21). The van der Waals surface area contributed by atoms with Gasteiger partial charge in [0.05, 0.1) is 25.5 Å². The van der Waals surface area contributed by atoms with E-state index < -0.39 is 0 Å². The molecule has 0 radical (unpaired) electrons. The van der Waals surface area contributed by atoms with Crippen LogP contribution in [-0.4, -0.2) is 56.9 Å². The summed E-state index contributed by atoms with van der Waals surface area (Å²) in [5.41, 5.74) is 0.579. The van der Waals surface area contributed by atoms with Gasteiger partial charge in [0.2, 0.25) is 0 Å². The van der Waals surface area contributed by atoms with E-state index in [1.807, 2.05) is 6.92 Å². The topological polar surface area (TPSA) is 62.8 Å². The number of morpholine rings is 1. The monoisotopic (exact) mass is 341 g/mol. The fourth-order valence-electron chi connectivity index (χ4n) is 2.26. The van der Waals surface area contributed by atoms with Crippen molar-refractivity contribution < 1.29 is 14.3 Å². The van der Waals surface area contributed by atoms with E-state index in [2.05, 4.69) is 15.5 Å². The van der Waals surface area contributed by atoms with Crippen molar-refractivity contribution in [3.63, 3.8) is 0 Å². The lowest BCUT2D eigenvalue weighted by molar-refractivity contribution is 0.0388. The van der Waals surface area contributed by atoms with Gasteiger partial charge >= 0.3 is 6.03 Å². The maximum atomic E-state index is 12.0. The molecule has 2 amide bonds. The summed E-state index contributed by atoms with van der Waals surface area (Å²) in [4.78, 5) is 14.3. The third-order valence-electron chi connectivity index (χ3n) is 3.47. The molecule has 1 aromatic carbocycles. The fourth-order valence-corrected chi connectivity index (χ4v) is 2.43. The number of rotatable bonds is 7. The van der Waals surface area contributed by atoms with Gasteiger partial charge in [0.25, 0.3) is 0 Å². The van der Waals surface area contributed by atoms with Gasteiger partial charge in [-0.2, -0.15) is 0 Å². The second kappa shape index (κ2) is 9.60. The van der Waals surface area contributed by atoms with Crippen molar-refractivity contribution in [2.24, 2.45) is 0 Å². The second-order valence-corrected chi connectivity index (χ2v) is 5.76. The van der Waals surface area contributed by atoms with Gasteiger partial charge in [-0.15, -0.1) is 0 Å². The Labute approximate surface area is 142 Å². The van der Waals surface area contributed by atoms with Crippen molar-refractivity contribution in [3.05, 3.63) is 23.2 Å². The van der Waals surface area contributed by atoms with Crippen LogP contribution in [-0.2, 0) is 4.74 Å². The molecule has 0 atom stereocenters. The molecule has 23 heavy (non-hydrogen) atoms. The molecule has 0 saturated carbocycles. The number of nitrogens with one attached hydrogen (secondary N) is 2. The molecule has 0 unspecified atom stereocenters. The zero-order valence-electron chi connectivity index (χ0n) is 13.4. The molecule has 0 bridgehead atoms.